The molecule has 1 unspecified atom stereocenters. The van der Waals surface area contributed by atoms with Crippen molar-refractivity contribution in [3.05, 3.63) is 34.9 Å². The summed E-state index contributed by atoms with van der Waals surface area (Å²) in [5.41, 5.74) is 1.13. The van der Waals surface area contributed by atoms with E-state index in [1.165, 1.54) is 12.8 Å². The van der Waals surface area contributed by atoms with Gasteiger partial charge in [0.15, 0.2) is 0 Å². The van der Waals surface area contributed by atoms with Crippen molar-refractivity contribution in [2.45, 2.75) is 44.6 Å². The van der Waals surface area contributed by atoms with Gasteiger partial charge in [0.1, 0.15) is 9.84 Å². The van der Waals surface area contributed by atoms with Crippen LogP contribution in [0.4, 0.5) is 0 Å². The molecule has 0 amide bonds. The number of nitrogens with one attached hydrogen (secondary N) is 1. The van der Waals surface area contributed by atoms with Gasteiger partial charge in [-0.1, -0.05) is 36.7 Å². The maximum absolute atomic E-state index is 11.6. The molecule has 0 radical (unpaired) electrons. The van der Waals surface area contributed by atoms with Crippen LogP contribution < -0.4 is 5.32 Å². The molecule has 0 bridgehead atoms. The molecule has 2 rings (SSSR count). The quantitative estimate of drug-likeness (QED) is 0.755. The fraction of sp³-hybridized carbons (Fsp3) is 0.625. The normalized spacial score (nSPS) is 16.9. The van der Waals surface area contributed by atoms with Gasteiger partial charge in [0.05, 0.1) is 5.75 Å². The van der Waals surface area contributed by atoms with Gasteiger partial charge < -0.3 is 5.32 Å². The first-order valence-electron chi connectivity index (χ1n) is 7.70. The molecule has 0 heterocycles. The van der Waals surface area contributed by atoms with Crippen molar-refractivity contribution < 1.29 is 8.42 Å². The summed E-state index contributed by atoms with van der Waals surface area (Å²) in [5.74, 6) is 0.782. The van der Waals surface area contributed by atoms with Crippen LogP contribution in [0, 0.1) is 0 Å². The average Bonchev–Trinajstić information content (AvgIpc) is 3.27. The Bertz CT molecular complexity index is 555. The second kappa shape index (κ2) is 7.61. The SMILES string of the molecule is CCS(=O)(=O)CCCC(CNC1CC1)c1ccccc1Cl. The van der Waals surface area contributed by atoms with Crippen LogP contribution >= 0.6 is 11.6 Å². The van der Waals surface area contributed by atoms with Crippen molar-refractivity contribution in [1.29, 1.82) is 0 Å². The second-order valence-electron chi connectivity index (χ2n) is 5.78. The fourth-order valence-corrected chi connectivity index (χ4v) is 3.65. The summed E-state index contributed by atoms with van der Waals surface area (Å²) in [5, 5.41) is 4.31. The monoisotopic (exact) mass is 329 g/mol. The number of hydrogen-bond acceptors (Lipinski definition) is 3. The lowest BCUT2D eigenvalue weighted by molar-refractivity contribution is 0.537. The third kappa shape index (κ3) is 5.61. The predicted octanol–water partition coefficient (Wildman–Crippen LogP) is 3.39. The van der Waals surface area contributed by atoms with Gasteiger partial charge in [-0.3, -0.25) is 0 Å². The lowest BCUT2D eigenvalue weighted by Crippen LogP contribution is -2.24. The van der Waals surface area contributed by atoms with E-state index < -0.39 is 9.84 Å². The van der Waals surface area contributed by atoms with Crippen LogP contribution in [0.15, 0.2) is 24.3 Å². The third-order valence-electron chi connectivity index (χ3n) is 4.02. The maximum Gasteiger partial charge on any atom is 0.150 e. The number of sulfone groups is 1. The molecule has 1 N–H and O–H groups in total. The number of rotatable bonds is 9. The van der Waals surface area contributed by atoms with Crippen molar-refractivity contribution in [2.24, 2.45) is 0 Å². The zero-order chi connectivity index (χ0) is 15.3. The van der Waals surface area contributed by atoms with Crippen molar-refractivity contribution in [3.8, 4) is 0 Å². The Balaban J connectivity index is 1.96. The van der Waals surface area contributed by atoms with Gasteiger partial charge in [0.25, 0.3) is 0 Å². The van der Waals surface area contributed by atoms with Crippen molar-refractivity contribution in [2.75, 3.05) is 18.1 Å². The highest BCUT2D eigenvalue weighted by molar-refractivity contribution is 7.91. The molecule has 0 aromatic heterocycles. The van der Waals surface area contributed by atoms with Crippen LogP contribution in [0.2, 0.25) is 5.02 Å². The van der Waals surface area contributed by atoms with Crippen LogP contribution in [-0.2, 0) is 9.84 Å². The van der Waals surface area contributed by atoms with Gasteiger partial charge in [-0.25, -0.2) is 8.42 Å². The van der Waals surface area contributed by atoms with E-state index in [0.29, 0.717) is 12.5 Å². The molecule has 0 aliphatic heterocycles. The maximum atomic E-state index is 11.6. The molecule has 1 aromatic rings. The van der Waals surface area contributed by atoms with Crippen LogP contribution in [0.3, 0.4) is 0 Å². The highest BCUT2D eigenvalue weighted by Gasteiger charge is 2.23. The predicted molar refractivity (Wildman–Crippen MR) is 88.8 cm³/mol. The third-order valence-corrected chi connectivity index (χ3v) is 6.16. The first kappa shape index (κ1) is 16.8. The summed E-state index contributed by atoms with van der Waals surface area (Å²) in [4.78, 5) is 0. The number of hydrogen-bond donors (Lipinski definition) is 1. The van der Waals surface area contributed by atoms with E-state index in [9.17, 15) is 8.42 Å². The zero-order valence-corrected chi connectivity index (χ0v) is 14.1. The van der Waals surface area contributed by atoms with E-state index in [0.717, 1.165) is 23.6 Å². The molecule has 1 fully saturated rings. The van der Waals surface area contributed by atoms with Crippen LogP contribution in [0.1, 0.15) is 44.1 Å². The lowest BCUT2D eigenvalue weighted by atomic mass is 9.94. The smallest absolute Gasteiger partial charge is 0.150 e. The minimum Gasteiger partial charge on any atom is -0.313 e. The van der Waals surface area contributed by atoms with Gasteiger partial charge in [-0.15, -0.1) is 0 Å². The molecule has 1 aromatic carbocycles. The van der Waals surface area contributed by atoms with Gasteiger partial charge in [-0.2, -0.15) is 0 Å². The van der Waals surface area contributed by atoms with Gasteiger partial charge >= 0.3 is 0 Å². The fourth-order valence-electron chi connectivity index (χ4n) is 2.46. The first-order chi connectivity index (χ1) is 10.0. The highest BCUT2D eigenvalue weighted by Crippen LogP contribution is 2.29. The van der Waals surface area contributed by atoms with E-state index in [-0.39, 0.29) is 17.4 Å². The summed E-state index contributed by atoms with van der Waals surface area (Å²) in [7, 11) is -2.88. The Kier molecular flexibility index (Phi) is 6.08. The van der Waals surface area contributed by atoms with Crippen LogP contribution in [0.5, 0.6) is 0 Å². The van der Waals surface area contributed by atoms with Crippen molar-refractivity contribution in [3.63, 3.8) is 0 Å². The van der Waals surface area contributed by atoms with Crippen molar-refractivity contribution >= 4 is 21.4 Å². The minimum atomic E-state index is -2.88. The van der Waals surface area contributed by atoms with E-state index in [4.69, 9.17) is 11.6 Å². The Hall–Kier alpha value is -0.580. The van der Waals surface area contributed by atoms with E-state index >= 15 is 0 Å². The standard InChI is InChI=1S/C16H24ClNO2S/c1-2-21(19,20)11-5-6-13(12-18-14-9-10-14)15-7-3-4-8-16(15)17/h3-4,7-8,13-14,18H,2,5-6,9-12H2,1H3. The van der Waals surface area contributed by atoms with Gasteiger partial charge in [-0.05, 0) is 43.2 Å². The zero-order valence-electron chi connectivity index (χ0n) is 12.5. The Morgan fingerprint density at radius 2 is 2.05 bits per heavy atom. The van der Waals surface area contributed by atoms with E-state index in [1.807, 2.05) is 18.2 Å². The summed E-state index contributed by atoms with van der Waals surface area (Å²) in [6.07, 6.45) is 4.04. The molecular formula is C16H24ClNO2S. The molecule has 1 aliphatic rings. The summed E-state index contributed by atoms with van der Waals surface area (Å²) >= 11 is 6.30. The van der Waals surface area contributed by atoms with Crippen molar-refractivity contribution in [1.82, 2.24) is 5.32 Å². The van der Waals surface area contributed by atoms with Gasteiger partial charge in [0.2, 0.25) is 0 Å². The van der Waals surface area contributed by atoms with Crippen LogP contribution in [0.25, 0.3) is 0 Å². The minimum absolute atomic E-state index is 0.226. The molecule has 118 valence electrons. The molecular weight excluding hydrogens is 306 g/mol. The molecule has 3 nitrogen and oxygen atoms in total. The van der Waals surface area contributed by atoms with Crippen LogP contribution in [-0.4, -0.2) is 32.5 Å². The first-order valence-corrected chi connectivity index (χ1v) is 9.90. The Morgan fingerprint density at radius 3 is 2.67 bits per heavy atom. The number of halogens is 1. The number of benzene rings is 1. The van der Waals surface area contributed by atoms with E-state index in [1.54, 1.807) is 6.92 Å². The highest BCUT2D eigenvalue weighted by atomic mass is 35.5. The summed E-state index contributed by atoms with van der Waals surface area (Å²) in [6.45, 7) is 2.58. The average molecular weight is 330 g/mol. The molecule has 1 atom stereocenters. The Morgan fingerprint density at radius 1 is 1.33 bits per heavy atom. The van der Waals surface area contributed by atoms with E-state index in [2.05, 4.69) is 11.4 Å². The molecule has 0 spiro atoms. The molecule has 1 aliphatic carbocycles. The van der Waals surface area contributed by atoms with Gasteiger partial charge in [0, 0.05) is 23.4 Å². The largest absolute Gasteiger partial charge is 0.313 e. The topological polar surface area (TPSA) is 46.2 Å². The molecule has 0 saturated heterocycles. The molecule has 5 heteroatoms. The molecule has 21 heavy (non-hydrogen) atoms. The summed E-state index contributed by atoms with van der Waals surface area (Å²) in [6, 6.07) is 8.53. The Labute approximate surface area is 133 Å². The summed E-state index contributed by atoms with van der Waals surface area (Å²) < 4.78 is 23.2. The molecule has 1 saturated carbocycles. The second-order valence-corrected chi connectivity index (χ2v) is 8.66. The lowest BCUT2D eigenvalue weighted by Gasteiger charge is -2.19.